The first-order valence-electron chi connectivity index (χ1n) is 7.17. The standard InChI is InChI=1S/C15H24N2O2/c1-2-8-19-15-10-12(6-7-14(15)16)17-11-13-5-3-4-9-18-13/h6-7,10,13,17H,2-5,8-9,11,16H2,1H3. The molecule has 0 aliphatic carbocycles. The fourth-order valence-corrected chi connectivity index (χ4v) is 2.18. The maximum absolute atomic E-state index is 5.89. The number of rotatable bonds is 6. The van der Waals surface area contributed by atoms with E-state index >= 15 is 0 Å². The highest BCUT2D eigenvalue weighted by molar-refractivity contribution is 5.61. The molecule has 0 spiro atoms. The smallest absolute Gasteiger partial charge is 0.144 e. The van der Waals surface area contributed by atoms with Gasteiger partial charge in [0.05, 0.1) is 18.4 Å². The second-order valence-electron chi connectivity index (χ2n) is 4.97. The largest absolute Gasteiger partial charge is 0.491 e. The first-order valence-corrected chi connectivity index (χ1v) is 7.17. The van der Waals surface area contributed by atoms with Crippen molar-refractivity contribution in [1.82, 2.24) is 0 Å². The number of ether oxygens (including phenoxy) is 2. The molecule has 0 aromatic heterocycles. The third-order valence-corrected chi connectivity index (χ3v) is 3.28. The minimum Gasteiger partial charge on any atom is -0.491 e. The minimum absolute atomic E-state index is 0.325. The molecular weight excluding hydrogens is 240 g/mol. The summed E-state index contributed by atoms with van der Waals surface area (Å²) in [5.41, 5.74) is 7.62. The Balaban J connectivity index is 1.88. The molecule has 4 nitrogen and oxygen atoms in total. The highest BCUT2D eigenvalue weighted by atomic mass is 16.5. The summed E-state index contributed by atoms with van der Waals surface area (Å²) in [4.78, 5) is 0. The Kier molecular flexibility index (Phi) is 5.33. The number of anilines is 2. The summed E-state index contributed by atoms with van der Waals surface area (Å²) in [5, 5.41) is 3.40. The fourth-order valence-electron chi connectivity index (χ4n) is 2.18. The minimum atomic E-state index is 0.325. The van der Waals surface area contributed by atoms with Gasteiger partial charge in [-0.15, -0.1) is 0 Å². The molecule has 19 heavy (non-hydrogen) atoms. The monoisotopic (exact) mass is 264 g/mol. The van der Waals surface area contributed by atoms with Crippen LogP contribution in [-0.4, -0.2) is 25.9 Å². The molecule has 1 fully saturated rings. The zero-order valence-corrected chi connectivity index (χ0v) is 11.7. The molecule has 0 saturated carbocycles. The number of nitrogens with one attached hydrogen (secondary N) is 1. The number of benzene rings is 1. The number of nitrogens with two attached hydrogens (primary N) is 1. The van der Waals surface area contributed by atoms with E-state index in [0.29, 0.717) is 18.4 Å². The summed E-state index contributed by atoms with van der Waals surface area (Å²) in [5.74, 6) is 0.761. The summed E-state index contributed by atoms with van der Waals surface area (Å²) >= 11 is 0. The van der Waals surface area contributed by atoms with Crippen LogP contribution in [0.25, 0.3) is 0 Å². The van der Waals surface area contributed by atoms with Gasteiger partial charge in [0.25, 0.3) is 0 Å². The van der Waals surface area contributed by atoms with E-state index in [4.69, 9.17) is 15.2 Å². The van der Waals surface area contributed by atoms with Gasteiger partial charge in [-0.05, 0) is 37.8 Å². The van der Waals surface area contributed by atoms with Crippen molar-refractivity contribution in [3.63, 3.8) is 0 Å². The average Bonchev–Trinajstić information content (AvgIpc) is 2.46. The van der Waals surface area contributed by atoms with Gasteiger partial charge in [0, 0.05) is 24.9 Å². The molecule has 1 unspecified atom stereocenters. The molecule has 4 heteroatoms. The average molecular weight is 264 g/mol. The predicted octanol–water partition coefficient (Wildman–Crippen LogP) is 3.04. The van der Waals surface area contributed by atoms with Crippen LogP contribution >= 0.6 is 0 Å². The molecule has 1 aliphatic heterocycles. The van der Waals surface area contributed by atoms with Crippen molar-refractivity contribution in [2.45, 2.75) is 38.7 Å². The summed E-state index contributed by atoms with van der Waals surface area (Å²) < 4.78 is 11.3. The van der Waals surface area contributed by atoms with Gasteiger partial charge in [-0.25, -0.2) is 0 Å². The van der Waals surface area contributed by atoms with Gasteiger partial charge in [-0.3, -0.25) is 0 Å². The van der Waals surface area contributed by atoms with Crippen LogP contribution in [0.15, 0.2) is 18.2 Å². The van der Waals surface area contributed by atoms with Gasteiger partial charge in [0.15, 0.2) is 0 Å². The Labute approximate surface area is 115 Å². The Morgan fingerprint density at radius 1 is 1.42 bits per heavy atom. The van der Waals surface area contributed by atoms with Crippen molar-refractivity contribution < 1.29 is 9.47 Å². The van der Waals surface area contributed by atoms with Crippen molar-refractivity contribution in [3.05, 3.63) is 18.2 Å². The second-order valence-corrected chi connectivity index (χ2v) is 4.97. The van der Waals surface area contributed by atoms with Crippen LogP contribution in [0.3, 0.4) is 0 Å². The maximum Gasteiger partial charge on any atom is 0.144 e. The lowest BCUT2D eigenvalue weighted by atomic mass is 10.1. The summed E-state index contributed by atoms with van der Waals surface area (Å²) in [6, 6.07) is 5.83. The molecule has 0 bridgehead atoms. The second kappa shape index (κ2) is 7.24. The highest BCUT2D eigenvalue weighted by Gasteiger charge is 2.13. The van der Waals surface area contributed by atoms with Crippen molar-refractivity contribution in [2.24, 2.45) is 0 Å². The highest BCUT2D eigenvalue weighted by Crippen LogP contribution is 2.26. The topological polar surface area (TPSA) is 56.5 Å². The Morgan fingerprint density at radius 3 is 3.05 bits per heavy atom. The lowest BCUT2D eigenvalue weighted by Gasteiger charge is -2.23. The molecule has 1 aromatic rings. The molecule has 0 radical (unpaired) electrons. The third kappa shape index (κ3) is 4.31. The predicted molar refractivity (Wildman–Crippen MR) is 78.7 cm³/mol. The summed E-state index contributed by atoms with van der Waals surface area (Å²) in [6.45, 7) is 4.51. The fraction of sp³-hybridized carbons (Fsp3) is 0.600. The van der Waals surface area contributed by atoms with Crippen LogP contribution in [0.5, 0.6) is 5.75 Å². The number of hydrogen-bond donors (Lipinski definition) is 2. The van der Waals surface area contributed by atoms with Crippen LogP contribution < -0.4 is 15.8 Å². The normalized spacial score (nSPS) is 19.1. The van der Waals surface area contributed by atoms with Crippen LogP contribution in [0.1, 0.15) is 32.6 Å². The quantitative estimate of drug-likeness (QED) is 0.775. The lowest BCUT2D eigenvalue weighted by molar-refractivity contribution is 0.0247. The van der Waals surface area contributed by atoms with Gasteiger partial charge < -0.3 is 20.5 Å². The van der Waals surface area contributed by atoms with Gasteiger partial charge in [0.1, 0.15) is 5.75 Å². The zero-order valence-electron chi connectivity index (χ0n) is 11.7. The number of nitrogen functional groups attached to an aromatic ring is 1. The number of hydrogen-bond acceptors (Lipinski definition) is 4. The van der Waals surface area contributed by atoms with Crippen molar-refractivity contribution in [1.29, 1.82) is 0 Å². The van der Waals surface area contributed by atoms with Gasteiger partial charge in [-0.2, -0.15) is 0 Å². The van der Waals surface area contributed by atoms with Gasteiger partial charge in [0.2, 0.25) is 0 Å². The van der Waals surface area contributed by atoms with Gasteiger partial charge >= 0.3 is 0 Å². The summed E-state index contributed by atoms with van der Waals surface area (Å²) in [6.07, 6.45) is 4.90. The van der Waals surface area contributed by atoms with E-state index in [1.165, 1.54) is 12.8 Å². The van der Waals surface area contributed by atoms with E-state index in [1.54, 1.807) is 0 Å². The molecule has 3 N–H and O–H groups in total. The maximum atomic E-state index is 5.89. The first kappa shape index (κ1) is 14.0. The molecule has 0 amide bonds. The van der Waals surface area contributed by atoms with Crippen LogP contribution in [-0.2, 0) is 4.74 Å². The molecule has 1 aliphatic rings. The molecule has 1 atom stereocenters. The van der Waals surface area contributed by atoms with E-state index in [-0.39, 0.29) is 0 Å². The zero-order chi connectivity index (χ0) is 13.5. The summed E-state index contributed by atoms with van der Waals surface area (Å²) in [7, 11) is 0. The van der Waals surface area contributed by atoms with E-state index in [2.05, 4.69) is 12.2 Å². The van der Waals surface area contributed by atoms with Crippen molar-refractivity contribution in [3.8, 4) is 5.75 Å². The molecule has 2 rings (SSSR count). The van der Waals surface area contributed by atoms with E-state index in [1.807, 2.05) is 18.2 Å². The lowest BCUT2D eigenvalue weighted by Crippen LogP contribution is -2.26. The van der Waals surface area contributed by atoms with Crippen molar-refractivity contribution in [2.75, 3.05) is 30.8 Å². The molecule has 1 heterocycles. The Hall–Kier alpha value is -1.42. The molecule has 1 saturated heterocycles. The Bertz CT molecular complexity index is 390. The first-order chi connectivity index (χ1) is 9.29. The van der Waals surface area contributed by atoms with Gasteiger partial charge in [-0.1, -0.05) is 6.92 Å². The van der Waals surface area contributed by atoms with E-state index in [9.17, 15) is 0 Å². The molecule has 1 aromatic carbocycles. The Morgan fingerprint density at radius 2 is 2.32 bits per heavy atom. The van der Waals surface area contributed by atoms with Crippen LogP contribution in [0.4, 0.5) is 11.4 Å². The molecular formula is C15H24N2O2. The van der Waals surface area contributed by atoms with E-state index < -0.39 is 0 Å². The van der Waals surface area contributed by atoms with Crippen LogP contribution in [0.2, 0.25) is 0 Å². The molecule has 106 valence electrons. The third-order valence-electron chi connectivity index (χ3n) is 3.28. The SMILES string of the molecule is CCCOc1cc(NCC2CCCCO2)ccc1N. The van der Waals surface area contributed by atoms with E-state index in [0.717, 1.165) is 37.4 Å². The van der Waals surface area contributed by atoms with Crippen molar-refractivity contribution >= 4 is 11.4 Å². The van der Waals surface area contributed by atoms with Crippen LogP contribution in [0, 0.1) is 0 Å².